The van der Waals surface area contributed by atoms with Gasteiger partial charge in [0.05, 0.1) is 17.7 Å². The average Bonchev–Trinajstić information content (AvgIpc) is 3.11. The van der Waals surface area contributed by atoms with Crippen LogP contribution >= 0.6 is 0 Å². The molecule has 3 heterocycles. The molecule has 0 radical (unpaired) electrons. The first kappa shape index (κ1) is 30.0. The highest BCUT2D eigenvalue weighted by Gasteiger charge is 2.67. The average molecular weight is 575 g/mol. The zero-order chi connectivity index (χ0) is 28.4. The Morgan fingerprint density at radius 1 is 1.08 bits per heavy atom. The first-order valence-corrected chi connectivity index (χ1v) is 19.6. The van der Waals surface area contributed by atoms with E-state index in [-0.39, 0.29) is 28.2 Å². The zero-order valence-corrected chi connectivity index (χ0v) is 26.3. The van der Waals surface area contributed by atoms with Crippen molar-refractivity contribution < 1.29 is 26.2 Å². The monoisotopic (exact) mass is 574 g/mol. The van der Waals surface area contributed by atoms with Crippen LogP contribution in [0, 0.1) is 0 Å². The van der Waals surface area contributed by atoms with Crippen molar-refractivity contribution in [3.8, 4) is 0 Å². The number of nitrogens with two attached hydrogens (primary N) is 2. The molecule has 0 aromatic carbocycles. The summed E-state index contributed by atoms with van der Waals surface area (Å²) in [6.45, 7) is 20.6. The van der Waals surface area contributed by atoms with Crippen molar-refractivity contribution in [1.82, 2.24) is 9.55 Å². The molecular weight excluding hydrogens is 533 g/mol. The molecule has 0 bridgehead atoms. The minimum absolute atomic E-state index is 0.00837. The van der Waals surface area contributed by atoms with Gasteiger partial charge in [0.1, 0.15) is 18.0 Å². The first-order valence-electron chi connectivity index (χ1n) is 12.3. The van der Waals surface area contributed by atoms with Gasteiger partial charge < -0.3 is 25.1 Å². The molecule has 1 unspecified atom stereocenters. The van der Waals surface area contributed by atoms with Gasteiger partial charge in [0, 0.05) is 6.20 Å². The van der Waals surface area contributed by atoms with Crippen molar-refractivity contribution in [2.24, 2.45) is 5.73 Å². The Morgan fingerprint density at radius 3 is 2.11 bits per heavy atom. The molecule has 0 amide bonds. The Morgan fingerprint density at radius 2 is 1.65 bits per heavy atom. The van der Waals surface area contributed by atoms with Crippen LogP contribution in [0.5, 0.6) is 0 Å². The van der Waals surface area contributed by atoms with Gasteiger partial charge in [-0.2, -0.15) is 13.4 Å². The van der Waals surface area contributed by atoms with Gasteiger partial charge in [-0.25, -0.2) is 8.98 Å². The maximum Gasteiger partial charge on any atom is 0.351 e. The van der Waals surface area contributed by atoms with E-state index in [4.69, 9.17) is 29.2 Å². The number of rotatable bonds is 6. The maximum atomic E-state index is 12.9. The van der Waals surface area contributed by atoms with Gasteiger partial charge in [0.25, 0.3) is 10.1 Å². The van der Waals surface area contributed by atoms with Gasteiger partial charge >= 0.3 is 5.69 Å². The topological polar surface area (TPSA) is 158 Å². The molecule has 37 heavy (non-hydrogen) atoms. The molecule has 4 N–H and O–H groups in total. The molecule has 1 saturated heterocycles. The van der Waals surface area contributed by atoms with E-state index < -0.39 is 56.5 Å². The summed E-state index contributed by atoms with van der Waals surface area (Å²) < 4.78 is 52.2. The number of hydrogen-bond acceptors (Lipinski definition) is 10. The van der Waals surface area contributed by atoms with Crippen molar-refractivity contribution in [1.29, 1.82) is 0 Å². The van der Waals surface area contributed by atoms with E-state index in [0.717, 1.165) is 5.41 Å². The van der Waals surface area contributed by atoms with Gasteiger partial charge in [-0.05, 0) is 42.3 Å². The first-order chi connectivity index (χ1) is 16.5. The van der Waals surface area contributed by atoms with Gasteiger partial charge in [-0.3, -0.25) is 4.57 Å². The molecule has 3 rings (SSSR count). The summed E-state index contributed by atoms with van der Waals surface area (Å²) in [4.78, 5) is 16.8. The fourth-order valence-electron chi connectivity index (χ4n) is 3.83. The summed E-state index contributed by atoms with van der Waals surface area (Å²) >= 11 is 0. The van der Waals surface area contributed by atoms with E-state index in [9.17, 15) is 13.2 Å². The van der Waals surface area contributed by atoms with Crippen LogP contribution in [0.3, 0.4) is 0 Å². The Hall–Kier alpha value is -1.56. The van der Waals surface area contributed by atoms with Crippen LogP contribution in [0.15, 0.2) is 28.2 Å². The quantitative estimate of drug-likeness (QED) is 0.382. The lowest BCUT2D eigenvalue weighted by atomic mass is 9.89. The molecule has 11 nitrogen and oxygen atoms in total. The minimum Gasteiger partial charge on any atom is -0.414 e. The maximum absolute atomic E-state index is 12.9. The third kappa shape index (κ3) is 5.47. The summed E-state index contributed by atoms with van der Waals surface area (Å²) in [7, 11) is -9.03. The number of ether oxygens (including phenoxy) is 1. The van der Waals surface area contributed by atoms with Crippen LogP contribution in [0.4, 0.5) is 5.82 Å². The Bertz CT molecular complexity index is 1230. The molecule has 1 aromatic rings. The summed E-state index contributed by atoms with van der Waals surface area (Å²) in [6.07, 6.45) is -1.72. The molecule has 2 aliphatic rings. The lowest BCUT2D eigenvalue weighted by Crippen LogP contribution is -2.59. The molecule has 0 saturated carbocycles. The van der Waals surface area contributed by atoms with Gasteiger partial charge in [-0.15, -0.1) is 0 Å². The normalized spacial score (nSPS) is 28.6. The molecule has 14 heteroatoms. The number of aromatic nitrogens is 2. The van der Waals surface area contributed by atoms with Gasteiger partial charge in [-0.1, -0.05) is 41.5 Å². The van der Waals surface area contributed by atoms with Gasteiger partial charge in [0.2, 0.25) is 0 Å². The van der Waals surface area contributed by atoms with Crippen LogP contribution in [0.2, 0.25) is 36.3 Å². The third-order valence-electron chi connectivity index (χ3n) is 8.20. The molecular formula is C23H42N4O7SSi2. The molecule has 1 aromatic heterocycles. The Labute approximate surface area is 221 Å². The minimum atomic E-state index is -4.15. The van der Waals surface area contributed by atoms with Gasteiger partial charge in [0.15, 0.2) is 28.5 Å². The van der Waals surface area contributed by atoms with E-state index in [1.165, 1.54) is 16.8 Å². The van der Waals surface area contributed by atoms with E-state index in [0.29, 0.717) is 0 Å². The second kappa shape index (κ2) is 9.28. The van der Waals surface area contributed by atoms with E-state index in [1.807, 2.05) is 13.1 Å². The smallest absolute Gasteiger partial charge is 0.351 e. The zero-order valence-electron chi connectivity index (χ0n) is 23.5. The van der Waals surface area contributed by atoms with Crippen molar-refractivity contribution in [2.75, 3.05) is 12.3 Å². The number of hydrogen-bond donors (Lipinski definition) is 2. The number of anilines is 1. The number of nitrogen functional groups attached to an aromatic ring is 1. The molecule has 1 spiro atoms. The molecule has 2 aliphatic heterocycles. The highest BCUT2D eigenvalue weighted by molar-refractivity contribution is 7.90. The van der Waals surface area contributed by atoms with Crippen molar-refractivity contribution >= 4 is 32.6 Å². The highest BCUT2D eigenvalue weighted by Crippen LogP contribution is 2.52. The predicted molar refractivity (Wildman–Crippen MR) is 147 cm³/mol. The number of nitrogens with zero attached hydrogens (tertiary/aromatic N) is 2. The standard InChI is InChI=1S/C23H42N4O7SSi2/c1-21(2,3)36(7,8)31-13-16-23(15(24)14-35(29,30)34-23)18(33-37(9,10)22(4,5)6)19(32-16)27-12-11-17(25)26-20(27)28/h11-12,14,16,18-19H,13,24H2,1-10H3,(H2,25,26,28)/t16-,18+,19-,23?/m1/s1. The second-order valence-corrected chi connectivity index (χ2v) is 23.8. The summed E-state index contributed by atoms with van der Waals surface area (Å²) in [5, 5.41) is 0.524. The fraction of sp³-hybridized carbons (Fsp3) is 0.739. The second-order valence-electron chi connectivity index (χ2n) is 12.9. The third-order valence-corrected chi connectivity index (χ3v) is 18.2. The lowest BCUT2D eigenvalue weighted by Gasteiger charge is -2.43. The van der Waals surface area contributed by atoms with E-state index in [1.54, 1.807) is 0 Å². The Balaban J connectivity index is 2.20. The van der Waals surface area contributed by atoms with Crippen molar-refractivity contribution in [3.05, 3.63) is 33.9 Å². The van der Waals surface area contributed by atoms with E-state index in [2.05, 4.69) is 59.6 Å². The fourth-order valence-corrected chi connectivity index (χ4v) is 7.34. The van der Waals surface area contributed by atoms with Crippen LogP contribution in [-0.2, 0) is 27.9 Å². The Kier molecular flexibility index (Phi) is 7.52. The highest BCUT2D eigenvalue weighted by atomic mass is 32.2. The van der Waals surface area contributed by atoms with Crippen LogP contribution in [-0.4, -0.2) is 59.0 Å². The van der Waals surface area contributed by atoms with Crippen molar-refractivity contribution in [3.63, 3.8) is 0 Å². The van der Waals surface area contributed by atoms with Crippen LogP contribution in [0.1, 0.15) is 47.8 Å². The summed E-state index contributed by atoms with van der Waals surface area (Å²) in [5.41, 5.74) is 9.69. The van der Waals surface area contributed by atoms with Crippen molar-refractivity contribution in [2.45, 2.75) is 102 Å². The van der Waals surface area contributed by atoms with Crippen LogP contribution < -0.4 is 17.2 Å². The molecule has 210 valence electrons. The molecule has 4 atom stereocenters. The molecule has 0 aliphatic carbocycles. The van der Waals surface area contributed by atoms with E-state index >= 15 is 0 Å². The molecule has 1 fully saturated rings. The summed E-state index contributed by atoms with van der Waals surface area (Å²) in [5.74, 6) is 0.0488. The lowest BCUT2D eigenvalue weighted by molar-refractivity contribution is -0.0562. The van der Waals surface area contributed by atoms with Crippen LogP contribution in [0.25, 0.3) is 0 Å². The largest absolute Gasteiger partial charge is 0.414 e. The SMILES string of the molecule is CC(C)(C)[Si](C)(C)OC[C@H]1O[C@@H](n2ccc(N)nc2=O)[C@H](O[Si](C)(C)C(C)(C)C)C12OS(=O)(=O)C=C2N. The predicted octanol–water partition coefficient (Wildman–Crippen LogP) is 3.03. The summed E-state index contributed by atoms with van der Waals surface area (Å²) in [6, 6.07) is 1.46.